The van der Waals surface area contributed by atoms with Crippen LogP contribution in [-0.4, -0.2) is 53.5 Å². The Bertz CT molecular complexity index is 860. The normalized spacial score (nSPS) is 60.3. The maximum atomic E-state index is 13.6. The molecule has 0 amide bonds. The molecule has 0 aromatic heterocycles. The van der Waals surface area contributed by atoms with Gasteiger partial charge < -0.3 is 18.9 Å². The van der Waals surface area contributed by atoms with Gasteiger partial charge in [0.25, 0.3) is 0 Å². The summed E-state index contributed by atoms with van der Waals surface area (Å²) in [6.45, 7) is 6.72. The maximum absolute atomic E-state index is 13.6. The molecule has 0 aromatic rings. The van der Waals surface area contributed by atoms with Crippen molar-refractivity contribution >= 4 is 11.8 Å². The van der Waals surface area contributed by atoms with E-state index >= 15 is 0 Å². The summed E-state index contributed by atoms with van der Waals surface area (Å²) in [5, 5.41) is 0. The highest BCUT2D eigenvalue weighted by atomic mass is 16.7. The van der Waals surface area contributed by atoms with Crippen LogP contribution in [0, 0.1) is 17.3 Å². The molecule has 6 heteroatoms. The smallest absolute Gasteiger partial charge is 0.334 e. The van der Waals surface area contributed by atoms with Crippen LogP contribution in [0.15, 0.2) is 11.1 Å². The average molecular weight is 358 g/mol. The standard InChI is InChI=1S/C20H22O6/c1-8(2)18-13(25-18)14-20(26-14)17(3)5-4-9-10(7-23-15(9)21)11(17)6-12-19(20,24-12)16(18)22/h8,11-14H,4-7H2,1-3H3/t11?,12?,13?,14?,17-,18-,19+,20+/m0/s1. The number of ketones is 1. The Labute approximate surface area is 151 Å². The molecule has 26 heavy (non-hydrogen) atoms. The van der Waals surface area contributed by atoms with E-state index in [0.717, 1.165) is 24.0 Å². The zero-order valence-corrected chi connectivity index (χ0v) is 15.2. The first-order chi connectivity index (χ1) is 12.3. The first kappa shape index (κ1) is 14.8. The highest BCUT2D eigenvalue weighted by Gasteiger charge is 3.00. The van der Waals surface area contributed by atoms with Crippen molar-refractivity contribution in [2.75, 3.05) is 6.61 Å². The lowest BCUT2D eigenvalue weighted by Gasteiger charge is -2.51. The van der Waals surface area contributed by atoms with Gasteiger partial charge in [0.05, 0.1) is 6.10 Å². The molecule has 138 valence electrons. The fraction of sp³-hybridized carbons (Fsp3) is 0.800. The summed E-state index contributed by atoms with van der Waals surface area (Å²) < 4.78 is 24.1. The topological polar surface area (TPSA) is 81.0 Å². The van der Waals surface area contributed by atoms with E-state index in [2.05, 4.69) is 6.92 Å². The molecule has 6 nitrogen and oxygen atoms in total. The number of carbonyl (C=O) groups is 2. The number of fused-ring (bicyclic) bond motifs is 4. The lowest BCUT2D eigenvalue weighted by molar-refractivity contribution is -0.139. The second-order valence-electron chi connectivity index (χ2n) is 9.72. The summed E-state index contributed by atoms with van der Waals surface area (Å²) in [4.78, 5) is 25.7. The molecule has 0 N–H and O–H groups in total. The third-order valence-electron chi connectivity index (χ3n) is 8.82. The first-order valence-electron chi connectivity index (χ1n) is 9.82. The lowest BCUT2D eigenvalue weighted by Crippen LogP contribution is -2.67. The minimum Gasteiger partial charge on any atom is -0.458 e. The van der Waals surface area contributed by atoms with Crippen LogP contribution in [0.5, 0.6) is 0 Å². The van der Waals surface area contributed by atoms with Crippen molar-refractivity contribution in [3.05, 3.63) is 11.1 Å². The van der Waals surface area contributed by atoms with Gasteiger partial charge in [-0.05, 0) is 36.7 Å². The summed E-state index contributed by atoms with van der Waals surface area (Å²) in [6.07, 6.45) is 1.97. The molecule has 8 atom stereocenters. The van der Waals surface area contributed by atoms with Gasteiger partial charge >= 0.3 is 5.97 Å². The van der Waals surface area contributed by atoms with Crippen LogP contribution < -0.4 is 0 Å². The van der Waals surface area contributed by atoms with Gasteiger partial charge in [0.2, 0.25) is 5.78 Å². The molecule has 3 saturated heterocycles. The van der Waals surface area contributed by atoms with Gasteiger partial charge in [-0.3, -0.25) is 4.79 Å². The maximum Gasteiger partial charge on any atom is 0.334 e. The number of hydrogen-bond acceptors (Lipinski definition) is 6. The van der Waals surface area contributed by atoms with Gasteiger partial charge in [-0.2, -0.15) is 0 Å². The van der Waals surface area contributed by atoms with Gasteiger partial charge in [-0.1, -0.05) is 20.8 Å². The average Bonchev–Trinajstić information content (AvgIpc) is 3.47. The van der Waals surface area contributed by atoms with Crippen LogP contribution in [0.2, 0.25) is 0 Å². The summed E-state index contributed by atoms with van der Waals surface area (Å²) in [7, 11) is 0. The Kier molecular flexibility index (Phi) is 2.10. The number of epoxide rings is 3. The van der Waals surface area contributed by atoms with E-state index in [4.69, 9.17) is 18.9 Å². The van der Waals surface area contributed by atoms with E-state index in [1.807, 2.05) is 13.8 Å². The van der Waals surface area contributed by atoms with Gasteiger partial charge in [0, 0.05) is 11.0 Å². The zero-order valence-electron chi connectivity index (χ0n) is 15.2. The molecule has 4 unspecified atom stereocenters. The van der Waals surface area contributed by atoms with Crippen molar-refractivity contribution in [2.24, 2.45) is 17.3 Å². The fourth-order valence-corrected chi connectivity index (χ4v) is 7.41. The Balaban J connectivity index is 1.40. The third-order valence-corrected chi connectivity index (χ3v) is 8.82. The van der Waals surface area contributed by atoms with Crippen molar-refractivity contribution < 1.29 is 28.5 Å². The SMILES string of the molecule is CC(C)[C@]12OC1C1O[C@@]13[C@@]1(C)CCC4=C(COC4=O)C1CC1O[C@@]13C2=O. The molecule has 0 aromatic carbocycles. The highest BCUT2D eigenvalue weighted by molar-refractivity contribution is 6.05. The molecule has 5 fully saturated rings. The van der Waals surface area contributed by atoms with Gasteiger partial charge in [0.1, 0.15) is 24.4 Å². The lowest BCUT2D eigenvalue weighted by atomic mass is 9.47. The monoisotopic (exact) mass is 358 g/mol. The Morgan fingerprint density at radius 1 is 1.12 bits per heavy atom. The quantitative estimate of drug-likeness (QED) is 0.519. The zero-order chi connectivity index (χ0) is 17.9. The number of rotatable bonds is 1. The fourth-order valence-electron chi connectivity index (χ4n) is 7.41. The third kappa shape index (κ3) is 1.10. The Hall–Kier alpha value is -1.24. The van der Waals surface area contributed by atoms with Crippen molar-refractivity contribution in [3.63, 3.8) is 0 Å². The Morgan fingerprint density at radius 3 is 2.69 bits per heavy atom. The predicted octanol–water partition coefficient (Wildman–Crippen LogP) is 1.31. The van der Waals surface area contributed by atoms with Gasteiger partial charge in [-0.25, -0.2) is 4.79 Å². The number of ether oxygens (including phenoxy) is 4. The van der Waals surface area contributed by atoms with Crippen LogP contribution in [0.3, 0.4) is 0 Å². The van der Waals surface area contributed by atoms with Crippen molar-refractivity contribution in [3.8, 4) is 0 Å². The van der Waals surface area contributed by atoms with Crippen LogP contribution >= 0.6 is 0 Å². The largest absolute Gasteiger partial charge is 0.458 e. The van der Waals surface area contributed by atoms with Crippen LogP contribution in [0.25, 0.3) is 0 Å². The Morgan fingerprint density at radius 2 is 1.92 bits per heavy atom. The number of cyclic esters (lactones) is 1. The summed E-state index contributed by atoms with van der Waals surface area (Å²) >= 11 is 0. The van der Waals surface area contributed by atoms with Gasteiger partial charge in [-0.15, -0.1) is 0 Å². The van der Waals surface area contributed by atoms with E-state index in [1.165, 1.54) is 0 Å². The molecule has 0 bridgehead atoms. The second kappa shape index (κ2) is 3.69. The molecule has 2 saturated carbocycles. The minimum absolute atomic E-state index is 0.0689. The molecular weight excluding hydrogens is 336 g/mol. The van der Waals surface area contributed by atoms with Gasteiger partial charge in [0.15, 0.2) is 11.2 Å². The van der Waals surface area contributed by atoms with E-state index in [1.54, 1.807) is 0 Å². The summed E-state index contributed by atoms with van der Waals surface area (Å²) in [5.41, 5.74) is -0.371. The van der Waals surface area contributed by atoms with Crippen LogP contribution in [0.1, 0.15) is 40.0 Å². The molecule has 4 heterocycles. The summed E-state index contributed by atoms with van der Waals surface area (Å²) in [5.74, 6) is 0.252. The molecule has 0 radical (unpaired) electrons. The number of esters is 1. The second-order valence-corrected chi connectivity index (χ2v) is 9.72. The number of hydrogen-bond donors (Lipinski definition) is 0. The van der Waals surface area contributed by atoms with Crippen molar-refractivity contribution in [2.45, 2.75) is 75.1 Å². The highest BCUT2D eigenvalue weighted by Crippen LogP contribution is 2.81. The van der Waals surface area contributed by atoms with Crippen molar-refractivity contribution in [1.29, 1.82) is 0 Å². The van der Waals surface area contributed by atoms with E-state index < -0.39 is 16.8 Å². The molecule has 3 aliphatic carbocycles. The summed E-state index contributed by atoms with van der Waals surface area (Å²) in [6, 6.07) is 0. The first-order valence-corrected chi connectivity index (χ1v) is 9.82. The van der Waals surface area contributed by atoms with E-state index in [9.17, 15) is 9.59 Å². The predicted molar refractivity (Wildman–Crippen MR) is 86.1 cm³/mol. The van der Waals surface area contributed by atoms with Crippen LogP contribution in [-0.2, 0) is 28.5 Å². The molecule has 2 spiro atoms. The van der Waals surface area contributed by atoms with E-state index in [-0.39, 0.29) is 47.3 Å². The number of carbonyl (C=O) groups excluding carboxylic acids is 2. The molecule has 7 rings (SSSR count). The number of Topliss-reactive ketones (excluding diaryl/α,β-unsaturated/α-hetero) is 1. The van der Waals surface area contributed by atoms with Crippen molar-refractivity contribution in [1.82, 2.24) is 0 Å². The minimum atomic E-state index is -0.832. The van der Waals surface area contributed by atoms with Crippen LogP contribution in [0.4, 0.5) is 0 Å². The molecule has 7 aliphatic rings. The molecule has 4 aliphatic heterocycles. The molecular formula is C20H22O6. The van der Waals surface area contributed by atoms with E-state index in [0.29, 0.717) is 13.0 Å².